The first-order chi connectivity index (χ1) is 8.77. The number of carbonyl (C=O) groups is 1. The van der Waals surface area contributed by atoms with Gasteiger partial charge in [0.15, 0.2) is 0 Å². The van der Waals surface area contributed by atoms with Crippen LogP contribution in [-0.2, 0) is 9.53 Å². The van der Waals surface area contributed by atoms with Crippen molar-refractivity contribution >= 4 is 5.97 Å². The van der Waals surface area contributed by atoms with Gasteiger partial charge in [-0.05, 0) is 6.08 Å². The number of hydrogen-bond donors (Lipinski definition) is 0. The zero-order chi connectivity index (χ0) is 14.6. The molecule has 0 atom stereocenters. The molecule has 1 rings (SSSR count). The summed E-state index contributed by atoms with van der Waals surface area (Å²) in [6, 6.07) is 0. The molecule has 1 fully saturated rings. The Morgan fingerprint density at radius 2 is 2.05 bits per heavy atom. The van der Waals surface area contributed by atoms with Crippen molar-refractivity contribution in [2.24, 2.45) is 5.92 Å². The fraction of sp³-hybridized carbons (Fsp3) is 0.462. The molecule has 0 aromatic carbocycles. The quantitative estimate of drug-likeness (QED) is 0.570. The Hall–Kier alpha value is -1.72. The van der Waals surface area contributed by atoms with Crippen LogP contribution in [0.5, 0.6) is 0 Å². The SMILES string of the molecule is C=C/C(=C\C(=C)N1CC(CC(=O)OC)C1)C(F)(F)F. The lowest BCUT2D eigenvalue weighted by molar-refractivity contribution is -0.142. The minimum Gasteiger partial charge on any atom is -0.469 e. The van der Waals surface area contributed by atoms with Crippen LogP contribution in [0.25, 0.3) is 0 Å². The molecule has 0 aromatic rings. The number of hydrogen-bond acceptors (Lipinski definition) is 3. The van der Waals surface area contributed by atoms with Gasteiger partial charge in [-0.3, -0.25) is 4.79 Å². The van der Waals surface area contributed by atoms with Crippen molar-refractivity contribution in [2.45, 2.75) is 12.6 Å². The van der Waals surface area contributed by atoms with E-state index in [1.165, 1.54) is 7.11 Å². The van der Waals surface area contributed by atoms with E-state index >= 15 is 0 Å². The number of carbonyl (C=O) groups excluding carboxylic acids is 1. The second-order valence-corrected chi connectivity index (χ2v) is 4.34. The zero-order valence-electron chi connectivity index (χ0n) is 10.7. The van der Waals surface area contributed by atoms with Gasteiger partial charge in [0.1, 0.15) is 0 Å². The number of ether oxygens (including phenoxy) is 1. The Morgan fingerprint density at radius 3 is 2.47 bits per heavy atom. The van der Waals surface area contributed by atoms with E-state index < -0.39 is 11.7 Å². The predicted molar refractivity (Wildman–Crippen MR) is 65.2 cm³/mol. The molecule has 1 aliphatic rings. The monoisotopic (exact) mass is 275 g/mol. The standard InChI is InChI=1S/C13H16F3NO2/c1-4-11(13(14,15)16)5-9(2)17-7-10(8-17)6-12(18)19-3/h4-5,10H,1-2,6-8H2,3H3/b11-5+. The van der Waals surface area contributed by atoms with E-state index in [1.807, 2.05) is 0 Å². The Bertz CT molecular complexity index is 407. The minimum absolute atomic E-state index is 0.107. The molecule has 0 aromatic heterocycles. The van der Waals surface area contributed by atoms with Crippen molar-refractivity contribution in [1.82, 2.24) is 4.90 Å². The summed E-state index contributed by atoms with van der Waals surface area (Å²) in [5.74, 6) is -0.205. The van der Waals surface area contributed by atoms with Crippen molar-refractivity contribution in [1.29, 1.82) is 0 Å². The average molecular weight is 275 g/mol. The number of rotatable bonds is 5. The van der Waals surface area contributed by atoms with E-state index in [0.29, 0.717) is 13.1 Å². The first-order valence-electron chi connectivity index (χ1n) is 5.70. The molecule has 6 heteroatoms. The highest BCUT2D eigenvalue weighted by molar-refractivity contribution is 5.69. The van der Waals surface area contributed by atoms with E-state index in [-0.39, 0.29) is 24.0 Å². The first kappa shape index (κ1) is 15.3. The van der Waals surface area contributed by atoms with Gasteiger partial charge in [0, 0.05) is 24.7 Å². The van der Waals surface area contributed by atoms with Gasteiger partial charge >= 0.3 is 12.1 Å². The summed E-state index contributed by atoms with van der Waals surface area (Å²) in [7, 11) is 1.31. The second-order valence-electron chi connectivity index (χ2n) is 4.34. The summed E-state index contributed by atoms with van der Waals surface area (Å²) >= 11 is 0. The molecule has 1 saturated heterocycles. The highest BCUT2D eigenvalue weighted by atomic mass is 19.4. The molecule has 0 N–H and O–H groups in total. The van der Waals surface area contributed by atoms with Gasteiger partial charge in [0.05, 0.1) is 19.1 Å². The number of alkyl halides is 3. The lowest BCUT2D eigenvalue weighted by Gasteiger charge is -2.41. The van der Waals surface area contributed by atoms with Gasteiger partial charge in [-0.1, -0.05) is 19.2 Å². The summed E-state index contributed by atoms with van der Waals surface area (Å²) in [6.07, 6.45) is -2.43. The molecule has 1 aliphatic heterocycles. The maximum absolute atomic E-state index is 12.5. The predicted octanol–water partition coefficient (Wildman–Crippen LogP) is 2.67. The van der Waals surface area contributed by atoms with Crippen LogP contribution in [0.4, 0.5) is 13.2 Å². The highest BCUT2D eigenvalue weighted by Gasteiger charge is 2.33. The van der Waals surface area contributed by atoms with Crippen LogP contribution in [0, 0.1) is 5.92 Å². The van der Waals surface area contributed by atoms with E-state index in [9.17, 15) is 18.0 Å². The summed E-state index contributed by atoms with van der Waals surface area (Å²) in [5, 5.41) is 0. The van der Waals surface area contributed by atoms with E-state index in [1.54, 1.807) is 4.90 Å². The van der Waals surface area contributed by atoms with Gasteiger partial charge in [-0.15, -0.1) is 0 Å². The maximum Gasteiger partial charge on any atom is 0.416 e. The molecule has 0 saturated carbocycles. The molecule has 0 bridgehead atoms. The van der Waals surface area contributed by atoms with Crippen LogP contribution in [-0.4, -0.2) is 37.2 Å². The molecule has 106 valence electrons. The minimum atomic E-state index is -4.43. The fourth-order valence-electron chi connectivity index (χ4n) is 1.78. The largest absolute Gasteiger partial charge is 0.469 e. The molecule has 0 amide bonds. The van der Waals surface area contributed by atoms with Crippen LogP contribution >= 0.6 is 0 Å². The molecule has 3 nitrogen and oxygen atoms in total. The Labute approximate surface area is 110 Å². The van der Waals surface area contributed by atoms with Gasteiger partial charge in [0.2, 0.25) is 0 Å². The van der Waals surface area contributed by atoms with Crippen LogP contribution in [0.1, 0.15) is 6.42 Å². The molecule has 0 spiro atoms. The Balaban J connectivity index is 2.52. The lowest BCUT2D eigenvalue weighted by Crippen LogP contribution is -2.46. The number of halogens is 3. The number of allylic oxidation sites excluding steroid dienone is 3. The topological polar surface area (TPSA) is 29.5 Å². The van der Waals surface area contributed by atoms with Crippen LogP contribution in [0.15, 0.2) is 36.6 Å². The third-order valence-corrected chi connectivity index (χ3v) is 2.92. The number of methoxy groups -OCH3 is 1. The fourth-order valence-corrected chi connectivity index (χ4v) is 1.78. The molecule has 19 heavy (non-hydrogen) atoms. The molecular weight excluding hydrogens is 259 g/mol. The first-order valence-corrected chi connectivity index (χ1v) is 5.70. The van der Waals surface area contributed by atoms with Crippen molar-refractivity contribution in [3.63, 3.8) is 0 Å². The van der Waals surface area contributed by atoms with Crippen molar-refractivity contribution in [3.8, 4) is 0 Å². The Morgan fingerprint density at radius 1 is 1.47 bits per heavy atom. The normalized spacial score (nSPS) is 16.8. The summed E-state index contributed by atoms with van der Waals surface area (Å²) < 4.78 is 42.0. The van der Waals surface area contributed by atoms with Crippen LogP contribution in [0.3, 0.4) is 0 Å². The molecule has 0 radical (unpaired) electrons. The third kappa shape index (κ3) is 4.15. The smallest absolute Gasteiger partial charge is 0.416 e. The molecular formula is C13H16F3NO2. The number of likely N-dealkylation sites (tertiary alicyclic amines) is 1. The zero-order valence-corrected chi connectivity index (χ0v) is 10.7. The second kappa shape index (κ2) is 5.95. The van der Waals surface area contributed by atoms with E-state index in [0.717, 1.165) is 12.2 Å². The van der Waals surface area contributed by atoms with Gasteiger partial charge in [0.25, 0.3) is 0 Å². The summed E-state index contributed by atoms with van der Waals surface area (Å²) in [6.45, 7) is 7.75. The average Bonchev–Trinajstić information content (AvgIpc) is 2.27. The highest BCUT2D eigenvalue weighted by Crippen LogP contribution is 2.30. The lowest BCUT2D eigenvalue weighted by atomic mass is 9.95. The number of nitrogens with zero attached hydrogens (tertiary/aromatic N) is 1. The maximum atomic E-state index is 12.5. The van der Waals surface area contributed by atoms with E-state index in [4.69, 9.17) is 0 Å². The van der Waals surface area contributed by atoms with Crippen molar-refractivity contribution in [3.05, 3.63) is 36.6 Å². The van der Waals surface area contributed by atoms with E-state index in [2.05, 4.69) is 17.9 Å². The number of esters is 1. The third-order valence-electron chi connectivity index (χ3n) is 2.92. The van der Waals surface area contributed by atoms with Gasteiger partial charge in [-0.25, -0.2) is 0 Å². The summed E-state index contributed by atoms with van der Waals surface area (Å²) in [5.41, 5.74) is -0.553. The van der Waals surface area contributed by atoms with Crippen molar-refractivity contribution < 1.29 is 22.7 Å². The van der Waals surface area contributed by atoms with Gasteiger partial charge in [-0.2, -0.15) is 13.2 Å². The molecule has 0 unspecified atom stereocenters. The van der Waals surface area contributed by atoms with Crippen LogP contribution in [0.2, 0.25) is 0 Å². The molecule has 1 heterocycles. The summed E-state index contributed by atoms with van der Waals surface area (Å²) in [4.78, 5) is 12.7. The molecule has 0 aliphatic carbocycles. The van der Waals surface area contributed by atoms with Crippen molar-refractivity contribution in [2.75, 3.05) is 20.2 Å². The van der Waals surface area contributed by atoms with Gasteiger partial charge < -0.3 is 9.64 Å². The Kier molecular flexibility index (Phi) is 4.80. The van der Waals surface area contributed by atoms with Crippen LogP contribution < -0.4 is 0 Å².